The van der Waals surface area contributed by atoms with Crippen LogP contribution in [0.5, 0.6) is 0 Å². The van der Waals surface area contributed by atoms with Gasteiger partial charge < -0.3 is 20.5 Å². The molecule has 1 fully saturated rings. The summed E-state index contributed by atoms with van der Waals surface area (Å²) in [5, 5.41) is 14.9. The number of amides is 2. The molecule has 4 rings (SSSR count). The van der Waals surface area contributed by atoms with Crippen LogP contribution in [0.3, 0.4) is 0 Å². The molecule has 2 aliphatic carbocycles. The van der Waals surface area contributed by atoms with Crippen molar-refractivity contribution in [2.75, 3.05) is 13.2 Å². The maximum Gasteiger partial charge on any atom is 0.407 e. The molecule has 3 atom stereocenters. The number of carboxylic acid groups (broad SMARTS) is 1. The van der Waals surface area contributed by atoms with Crippen LogP contribution in [-0.4, -0.2) is 42.3 Å². The van der Waals surface area contributed by atoms with E-state index in [1.807, 2.05) is 31.2 Å². The summed E-state index contributed by atoms with van der Waals surface area (Å²) >= 11 is 0. The van der Waals surface area contributed by atoms with E-state index in [-0.39, 0.29) is 24.3 Å². The summed E-state index contributed by atoms with van der Waals surface area (Å²) in [6.45, 7) is 2.43. The van der Waals surface area contributed by atoms with E-state index < -0.39 is 24.0 Å². The summed E-state index contributed by atoms with van der Waals surface area (Å²) in [6, 6.07) is 15.5. The molecule has 1 saturated carbocycles. The third-order valence-electron chi connectivity index (χ3n) is 7.04. The van der Waals surface area contributed by atoms with Gasteiger partial charge in [0.15, 0.2) is 0 Å². The summed E-state index contributed by atoms with van der Waals surface area (Å²) in [5.74, 6) is -1.64. The number of carbonyl (C=O) groups is 3. The molecule has 0 aliphatic heterocycles. The van der Waals surface area contributed by atoms with Gasteiger partial charge in [-0.05, 0) is 47.4 Å². The number of hydrogen-bond donors (Lipinski definition) is 3. The van der Waals surface area contributed by atoms with Gasteiger partial charge in [0.05, 0.1) is 5.92 Å². The Morgan fingerprint density at radius 3 is 2.29 bits per heavy atom. The van der Waals surface area contributed by atoms with E-state index in [0.29, 0.717) is 25.8 Å². The molecule has 0 saturated heterocycles. The van der Waals surface area contributed by atoms with Gasteiger partial charge in [0.2, 0.25) is 5.91 Å². The molecule has 34 heavy (non-hydrogen) atoms. The Bertz CT molecular complexity index is 1010. The highest BCUT2D eigenvalue weighted by atomic mass is 16.5. The topological polar surface area (TPSA) is 105 Å². The Morgan fingerprint density at radius 2 is 1.68 bits per heavy atom. The Morgan fingerprint density at radius 1 is 1.03 bits per heavy atom. The lowest BCUT2D eigenvalue weighted by atomic mass is 9.96. The normalized spacial score (nSPS) is 19.7. The maximum absolute atomic E-state index is 12.8. The molecule has 3 N–H and O–H groups in total. The summed E-state index contributed by atoms with van der Waals surface area (Å²) in [6.07, 6.45) is 2.85. The van der Waals surface area contributed by atoms with Crippen LogP contribution in [0.25, 0.3) is 11.1 Å². The van der Waals surface area contributed by atoms with E-state index in [4.69, 9.17) is 4.74 Å². The van der Waals surface area contributed by atoms with Crippen molar-refractivity contribution in [2.24, 2.45) is 11.8 Å². The van der Waals surface area contributed by atoms with Gasteiger partial charge in [-0.2, -0.15) is 0 Å². The molecule has 2 aliphatic rings. The number of nitrogens with one attached hydrogen (secondary N) is 2. The molecular formula is C27H32N2O5. The number of fused-ring (bicyclic) bond motifs is 3. The fraction of sp³-hybridized carbons (Fsp3) is 0.444. The summed E-state index contributed by atoms with van der Waals surface area (Å²) in [4.78, 5) is 36.8. The molecule has 2 aromatic carbocycles. The van der Waals surface area contributed by atoms with Crippen LogP contribution in [0.4, 0.5) is 4.79 Å². The molecule has 180 valence electrons. The molecule has 7 heteroatoms. The van der Waals surface area contributed by atoms with E-state index in [1.165, 1.54) is 0 Å². The van der Waals surface area contributed by atoms with Gasteiger partial charge in [0, 0.05) is 12.5 Å². The number of rotatable bonds is 9. The van der Waals surface area contributed by atoms with Crippen LogP contribution in [-0.2, 0) is 14.3 Å². The molecule has 3 unspecified atom stereocenters. The molecule has 0 radical (unpaired) electrons. The molecule has 2 aromatic rings. The second-order valence-electron chi connectivity index (χ2n) is 9.19. The van der Waals surface area contributed by atoms with Crippen LogP contribution in [0.1, 0.15) is 56.1 Å². The van der Waals surface area contributed by atoms with Crippen molar-refractivity contribution >= 4 is 18.0 Å². The SMILES string of the molecule is CCCC(NC(=O)OCC1c2ccccc2-c2ccccc21)C(=O)NCC1CCCC1C(=O)O. The fourth-order valence-electron chi connectivity index (χ4n) is 5.30. The molecule has 0 aromatic heterocycles. The molecule has 0 bridgehead atoms. The zero-order chi connectivity index (χ0) is 24.1. The molecule has 7 nitrogen and oxygen atoms in total. The number of carbonyl (C=O) groups excluding carboxylic acids is 2. The molecule has 0 heterocycles. The Kier molecular flexibility index (Phi) is 7.50. The molecule has 0 spiro atoms. The first kappa shape index (κ1) is 23.8. The van der Waals surface area contributed by atoms with Crippen LogP contribution in [0.15, 0.2) is 48.5 Å². The van der Waals surface area contributed by atoms with Gasteiger partial charge in [-0.15, -0.1) is 0 Å². The summed E-state index contributed by atoms with van der Waals surface area (Å²) in [7, 11) is 0. The van der Waals surface area contributed by atoms with Gasteiger partial charge >= 0.3 is 12.1 Å². The Labute approximate surface area is 199 Å². The number of aliphatic carboxylic acids is 1. The summed E-state index contributed by atoms with van der Waals surface area (Å²) < 4.78 is 5.59. The van der Waals surface area contributed by atoms with E-state index in [9.17, 15) is 19.5 Å². The largest absolute Gasteiger partial charge is 0.481 e. The first-order chi connectivity index (χ1) is 16.5. The number of alkyl carbamates (subject to hydrolysis) is 1. The highest BCUT2D eigenvalue weighted by molar-refractivity contribution is 5.85. The summed E-state index contributed by atoms with van der Waals surface area (Å²) in [5.41, 5.74) is 4.57. The third kappa shape index (κ3) is 5.08. The predicted octanol–water partition coefficient (Wildman–Crippen LogP) is 4.31. The fourth-order valence-corrected chi connectivity index (χ4v) is 5.30. The maximum atomic E-state index is 12.8. The lowest BCUT2D eigenvalue weighted by Gasteiger charge is -2.21. The quantitative estimate of drug-likeness (QED) is 0.513. The average molecular weight is 465 g/mol. The first-order valence-electron chi connectivity index (χ1n) is 12.1. The van der Waals surface area contributed by atoms with Crippen molar-refractivity contribution in [2.45, 2.75) is 51.0 Å². The van der Waals surface area contributed by atoms with Crippen molar-refractivity contribution < 1.29 is 24.2 Å². The first-order valence-corrected chi connectivity index (χ1v) is 12.1. The van der Waals surface area contributed by atoms with Gasteiger partial charge in [0.25, 0.3) is 0 Å². The van der Waals surface area contributed by atoms with Crippen LogP contribution in [0, 0.1) is 11.8 Å². The minimum absolute atomic E-state index is 0.0491. The van der Waals surface area contributed by atoms with Crippen LogP contribution in [0.2, 0.25) is 0 Å². The number of hydrogen-bond acceptors (Lipinski definition) is 4. The average Bonchev–Trinajstić information content (AvgIpc) is 3.44. The molecular weight excluding hydrogens is 432 g/mol. The van der Waals surface area contributed by atoms with Gasteiger partial charge in [-0.1, -0.05) is 68.3 Å². The second-order valence-corrected chi connectivity index (χ2v) is 9.19. The van der Waals surface area contributed by atoms with Crippen LogP contribution < -0.4 is 10.6 Å². The zero-order valence-electron chi connectivity index (χ0n) is 19.5. The lowest BCUT2D eigenvalue weighted by molar-refractivity contribution is -0.143. The van der Waals surface area contributed by atoms with E-state index >= 15 is 0 Å². The van der Waals surface area contributed by atoms with Crippen molar-refractivity contribution in [1.82, 2.24) is 10.6 Å². The highest BCUT2D eigenvalue weighted by Gasteiger charge is 2.34. The zero-order valence-corrected chi connectivity index (χ0v) is 19.5. The van der Waals surface area contributed by atoms with E-state index in [1.54, 1.807) is 0 Å². The lowest BCUT2D eigenvalue weighted by Crippen LogP contribution is -2.48. The molecule has 2 amide bonds. The van der Waals surface area contributed by atoms with Gasteiger partial charge in [-0.3, -0.25) is 9.59 Å². The van der Waals surface area contributed by atoms with Crippen molar-refractivity contribution in [3.63, 3.8) is 0 Å². The number of benzene rings is 2. The predicted molar refractivity (Wildman–Crippen MR) is 128 cm³/mol. The van der Waals surface area contributed by atoms with Gasteiger partial charge in [-0.25, -0.2) is 4.79 Å². The minimum atomic E-state index is -0.807. The van der Waals surface area contributed by atoms with Crippen LogP contribution >= 0.6 is 0 Å². The second kappa shape index (κ2) is 10.7. The van der Waals surface area contributed by atoms with Crippen molar-refractivity contribution in [1.29, 1.82) is 0 Å². The number of ether oxygens (including phenoxy) is 1. The number of carboxylic acids is 1. The highest BCUT2D eigenvalue weighted by Crippen LogP contribution is 2.44. The van der Waals surface area contributed by atoms with Crippen molar-refractivity contribution in [3.05, 3.63) is 59.7 Å². The smallest absolute Gasteiger partial charge is 0.407 e. The van der Waals surface area contributed by atoms with Crippen molar-refractivity contribution in [3.8, 4) is 11.1 Å². The van der Waals surface area contributed by atoms with E-state index in [2.05, 4.69) is 34.9 Å². The Balaban J connectivity index is 1.33. The third-order valence-corrected chi connectivity index (χ3v) is 7.04. The van der Waals surface area contributed by atoms with Gasteiger partial charge in [0.1, 0.15) is 12.6 Å². The monoisotopic (exact) mass is 464 g/mol. The minimum Gasteiger partial charge on any atom is -0.481 e. The van der Waals surface area contributed by atoms with E-state index in [0.717, 1.165) is 35.1 Å². The Hall–Kier alpha value is -3.35. The standard InChI is InChI=1S/C27H32N2O5/c1-2-8-24(25(30)28-15-17-9-7-14-18(17)26(31)32)29-27(33)34-16-23-21-12-5-3-10-19(21)20-11-4-6-13-22(20)23/h3-6,10-13,17-18,23-24H,2,7-9,14-16H2,1H3,(H,28,30)(H,29,33)(H,31,32).